The molecule has 0 aliphatic carbocycles. The molecule has 0 unspecified atom stereocenters. The highest BCUT2D eigenvalue weighted by Crippen LogP contribution is 2.26. The van der Waals surface area contributed by atoms with E-state index in [1.807, 2.05) is 36.4 Å². The molecule has 0 atom stereocenters. The maximum absolute atomic E-state index is 13.2. The average Bonchev–Trinajstić information content (AvgIpc) is 3.09. The molecule has 1 saturated heterocycles. The Labute approximate surface area is 175 Å². The minimum Gasteiger partial charge on any atom is -0.497 e. The van der Waals surface area contributed by atoms with Crippen LogP contribution in [-0.2, 0) is 0 Å². The predicted octanol–water partition coefficient (Wildman–Crippen LogP) is 2.77. The van der Waals surface area contributed by atoms with Gasteiger partial charge in [0.05, 0.1) is 12.7 Å². The molecule has 0 bridgehead atoms. The number of nitrogens with zero attached hydrogens (tertiary/aromatic N) is 3. The first-order valence-electron chi connectivity index (χ1n) is 10.0. The van der Waals surface area contributed by atoms with E-state index in [2.05, 4.69) is 20.2 Å². The molecule has 154 valence electrons. The van der Waals surface area contributed by atoms with E-state index in [1.54, 1.807) is 25.4 Å². The number of nitrogen functional groups attached to an aromatic ring is 1. The first-order valence-corrected chi connectivity index (χ1v) is 10.0. The van der Waals surface area contributed by atoms with Gasteiger partial charge < -0.3 is 20.7 Å². The van der Waals surface area contributed by atoms with Crippen LogP contribution in [0.15, 0.2) is 54.7 Å². The SMILES string of the molecule is COc1cccc(-c2cnc(N)c(C(=O)c3cccc(N4CCCNCC4)n3)c2)c1. The zero-order valence-corrected chi connectivity index (χ0v) is 17.0. The smallest absolute Gasteiger partial charge is 0.215 e. The molecule has 0 radical (unpaired) electrons. The summed E-state index contributed by atoms with van der Waals surface area (Å²) >= 11 is 0. The van der Waals surface area contributed by atoms with Gasteiger partial charge >= 0.3 is 0 Å². The second-order valence-electron chi connectivity index (χ2n) is 7.19. The highest BCUT2D eigenvalue weighted by atomic mass is 16.5. The van der Waals surface area contributed by atoms with Crippen LogP contribution in [0.3, 0.4) is 0 Å². The molecule has 3 N–H and O–H groups in total. The maximum Gasteiger partial charge on any atom is 0.215 e. The van der Waals surface area contributed by atoms with Crippen molar-refractivity contribution in [3.05, 3.63) is 66.0 Å². The van der Waals surface area contributed by atoms with E-state index >= 15 is 0 Å². The Morgan fingerprint density at radius 2 is 1.97 bits per heavy atom. The Hall–Kier alpha value is -3.45. The van der Waals surface area contributed by atoms with Crippen LogP contribution in [0.1, 0.15) is 22.5 Å². The molecule has 1 aliphatic rings. The van der Waals surface area contributed by atoms with E-state index in [-0.39, 0.29) is 11.6 Å². The molecular weight excluding hydrogens is 378 g/mol. The molecule has 7 heteroatoms. The number of methoxy groups -OCH3 is 1. The summed E-state index contributed by atoms with van der Waals surface area (Å²) in [4.78, 5) is 24.3. The van der Waals surface area contributed by atoms with Gasteiger partial charge in [-0.3, -0.25) is 4.79 Å². The van der Waals surface area contributed by atoms with Crippen molar-refractivity contribution in [2.24, 2.45) is 0 Å². The molecule has 4 rings (SSSR count). The zero-order valence-electron chi connectivity index (χ0n) is 17.0. The van der Waals surface area contributed by atoms with Crippen LogP contribution in [0.25, 0.3) is 11.1 Å². The monoisotopic (exact) mass is 403 g/mol. The third-order valence-electron chi connectivity index (χ3n) is 5.20. The maximum atomic E-state index is 13.2. The average molecular weight is 403 g/mol. The summed E-state index contributed by atoms with van der Waals surface area (Å²) in [6, 6.07) is 14.9. The molecule has 0 amide bonds. The zero-order chi connectivity index (χ0) is 20.9. The van der Waals surface area contributed by atoms with E-state index in [9.17, 15) is 4.79 Å². The summed E-state index contributed by atoms with van der Waals surface area (Å²) in [5.41, 5.74) is 8.46. The van der Waals surface area contributed by atoms with Gasteiger partial charge in [0.2, 0.25) is 5.78 Å². The first-order chi connectivity index (χ1) is 14.7. The molecule has 3 aromatic rings. The fourth-order valence-corrected chi connectivity index (χ4v) is 3.56. The van der Waals surface area contributed by atoms with Crippen molar-refractivity contribution in [1.29, 1.82) is 0 Å². The van der Waals surface area contributed by atoms with Crippen molar-refractivity contribution >= 4 is 17.4 Å². The number of rotatable bonds is 5. The molecule has 0 saturated carbocycles. The lowest BCUT2D eigenvalue weighted by molar-refractivity contribution is 0.103. The molecule has 1 aliphatic heterocycles. The second kappa shape index (κ2) is 8.92. The summed E-state index contributed by atoms with van der Waals surface area (Å²) in [6.07, 6.45) is 2.70. The number of nitrogens with one attached hydrogen (secondary N) is 1. The van der Waals surface area contributed by atoms with Gasteiger partial charge in [-0.15, -0.1) is 0 Å². The van der Waals surface area contributed by atoms with E-state index < -0.39 is 0 Å². The minimum absolute atomic E-state index is 0.192. The van der Waals surface area contributed by atoms with E-state index in [4.69, 9.17) is 10.5 Å². The molecule has 30 heavy (non-hydrogen) atoms. The highest BCUT2D eigenvalue weighted by Gasteiger charge is 2.18. The number of ketones is 1. The number of ether oxygens (including phenoxy) is 1. The van der Waals surface area contributed by atoms with Gasteiger partial charge in [0.1, 0.15) is 23.1 Å². The van der Waals surface area contributed by atoms with Gasteiger partial charge in [0.25, 0.3) is 0 Å². The number of hydrogen-bond acceptors (Lipinski definition) is 7. The van der Waals surface area contributed by atoms with E-state index in [0.717, 1.165) is 55.3 Å². The van der Waals surface area contributed by atoms with Crippen molar-refractivity contribution in [3.8, 4) is 16.9 Å². The summed E-state index contributed by atoms with van der Waals surface area (Å²) < 4.78 is 5.30. The largest absolute Gasteiger partial charge is 0.497 e. The van der Waals surface area contributed by atoms with Crippen LogP contribution in [0.2, 0.25) is 0 Å². The Kier molecular flexibility index (Phi) is 5.90. The molecule has 1 fully saturated rings. The van der Waals surface area contributed by atoms with Crippen LogP contribution in [0, 0.1) is 0 Å². The van der Waals surface area contributed by atoms with Crippen LogP contribution >= 0.6 is 0 Å². The number of aromatic nitrogens is 2. The Morgan fingerprint density at radius 1 is 1.10 bits per heavy atom. The third-order valence-corrected chi connectivity index (χ3v) is 5.20. The van der Waals surface area contributed by atoms with E-state index in [0.29, 0.717) is 11.3 Å². The van der Waals surface area contributed by atoms with Crippen LogP contribution in [-0.4, -0.2) is 49.0 Å². The van der Waals surface area contributed by atoms with Crippen LogP contribution in [0.4, 0.5) is 11.6 Å². The van der Waals surface area contributed by atoms with Crippen LogP contribution in [0.5, 0.6) is 5.75 Å². The molecule has 2 aromatic heterocycles. The van der Waals surface area contributed by atoms with E-state index in [1.165, 1.54) is 0 Å². The molecule has 7 nitrogen and oxygen atoms in total. The summed E-state index contributed by atoms with van der Waals surface area (Å²) in [7, 11) is 1.62. The number of hydrogen-bond donors (Lipinski definition) is 2. The van der Waals surface area contributed by atoms with Crippen molar-refractivity contribution < 1.29 is 9.53 Å². The standard InChI is InChI=1S/C23H25N5O2/c1-30-18-6-2-5-16(13-18)17-14-19(23(24)26-15-17)22(29)20-7-3-8-21(27-20)28-11-4-9-25-10-12-28/h2-3,5-8,13-15,25H,4,9-12H2,1H3,(H2,24,26). The fraction of sp³-hybridized carbons (Fsp3) is 0.261. The molecule has 3 heterocycles. The molecule has 1 aromatic carbocycles. The van der Waals surface area contributed by atoms with Gasteiger partial charge in [0, 0.05) is 31.4 Å². The van der Waals surface area contributed by atoms with Crippen molar-refractivity contribution in [2.45, 2.75) is 6.42 Å². The van der Waals surface area contributed by atoms with Gasteiger partial charge in [-0.05, 0) is 48.9 Å². The normalized spacial score (nSPS) is 14.2. The highest BCUT2D eigenvalue weighted by molar-refractivity contribution is 6.11. The number of anilines is 2. The van der Waals surface area contributed by atoms with Crippen molar-refractivity contribution in [3.63, 3.8) is 0 Å². The lowest BCUT2D eigenvalue weighted by atomic mass is 10.0. The van der Waals surface area contributed by atoms with Gasteiger partial charge in [-0.1, -0.05) is 18.2 Å². The Bertz CT molecular complexity index is 1050. The first kappa shape index (κ1) is 19.8. The lowest BCUT2D eigenvalue weighted by Gasteiger charge is -2.21. The summed E-state index contributed by atoms with van der Waals surface area (Å²) in [5, 5.41) is 3.38. The van der Waals surface area contributed by atoms with Crippen LogP contribution < -0.4 is 20.7 Å². The number of nitrogens with two attached hydrogens (primary N) is 1. The minimum atomic E-state index is -0.237. The van der Waals surface area contributed by atoms with Crippen molar-refractivity contribution in [2.75, 3.05) is 43.9 Å². The Balaban J connectivity index is 1.65. The number of benzene rings is 1. The number of carbonyl (C=O) groups is 1. The fourth-order valence-electron chi connectivity index (χ4n) is 3.56. The lowest BCUT2D eigenvalue weighted by Crippen LogP contribution is -2.29. The van der Waals surface area contributed by atoms with Gasteiger partial charge in [-0.2, -0.15) is 0 Å². The van der Waals surface area contributed by atoms with Crippen molar-refractivity contribution in [1.82, 2.24) is 15.3 Å². The van der Waals surface area contributed by atoms with Gasteiger partial charge in [0.15, 0.2) is 0 Å². The number of carbonyl (C=O) groups excluding carboxylic acids is 1. The Morgan fingerprint density at radius 3 is 2.83 bits per heavy atom. The predicted molar refractivity (Wildman–Crippen MR) is 118 cm³/mol. The topological polar surface area (TPSA) is 93.4 Å². The molecule has 0 spiro atoms. The summed E-state index contributed by atoms with van der Waals surface area (Å²) in [6.45, 7) is 3.67. The number of pyridine rings is 2. The summed E-state index contributed by atoms with van der Waals surface area (Å²) in [5.74, 6) is 1.50. The third kappa shape index (κ3) is 4.26. The van der Waals surface area contributed by atoms with Gasteiger partial charge in [-0.25, -0.2) is 9.97 Å². The second-order valence-corrected chi connectivity index (χ2v) is 7.19. The molecular formula is C23H25N5O2. The quantitative estimate of drug-likeness (QED) is 0.633.